The lowest BCUT2D eigenvalue weighted by Gasteiger charge is -2.11. The zero-order valence-electron chi connectivity index (χ0n) is 19.9. The van der Waals surface area contributed by atoms with Crippen molar-refractivity contribution in [1.82, 2.24) is 0 Å². The van der Waals surface area contributed by atoms with Crippen molar-refractivity contribution in [2.75, 3.05) is 6.61 Å². The van der Waals surface area contributed by atoms with Gasteiger partial charge in [0.25, 0.3) is 0 Å². The van der Waals surface area contributed by atoms with E-state index < -0.39 is 0 Å². The predicted octanol–water partition coefficient (Wildman–Crippen LogP) is 7.34. The van der Waals surface area contributed by atoms with Gasteiger partial charge in [-0.1, -0.05) is 65.2 Å². The van der Waals surface area contributed by atoms with Crippen molar-refractivity contribution in [3.8, 4) is 28.6 Å². The van der Waals surface area contributed by atoms with Crippen molar-refractivity contribution in [1.29, 1.82) is 0 Å². The number of aryl methyl sites for hydroxylation is 1. The summed E-state index contributed by atoms with van der Waals surface area (Å²) in [6, 6.07) is 9.54. The highest BCUT2D eigenvalue weighted by Gasteiger charge is 2.15. The summed E-state index contributed by atoms with van der Waals surface area (Å²) in [6.07, 6.45) is 11.1. The summed E-state index contributed by atoms with van der Waals surface area (Å²) in [5.74, 6) is 0.950. The minimum Gasteiger partial charge on any atom is -0.508 e. The molecule has 2 N–H and O–H groups in total. The third kappa shape index (κ3) is 6.53. The lowest BCUT2D eigenvalue weighted by atomic mass is 10.0. The Hall–Kier alpha value is -2.95. The van der Waals surface area contributed by atoms with Crippen LogP contribution in [-0.4, -0.2) is 16.8 Å². The molecule has 0 bridgehead atoms. The van der Waals surface area contributed by atoms with Crippen LogP contribution in [0.15, 0.2) is 45.6 Å². The van der Waals surface area contributed by atoms with E-state index >= 15 is 0 Å². The Balaban J connectivity index is 1.71. The fourth-order valence-corrected chi connectivity index (χ4v) is 4.10. The molecule has 5 heteroatoms. The number of unbranched alkanes of at least 4 members (excludes halogenated alkanes) is 7. The van der Waals surface area contributed by atoms with Crippen molar-refractivity contribution in [3.63, 3.8) is 0 Å². The molecule has 5 nitrogen and oxygen atoms in total. The molecule has 2 aromatic carbocycles. The van der Waals surface area contributed by atoms with Crippen molar-refractivity contribution >= 4 is 11.0 Å². The number of aromatic hydroxyl groups is 2. The molecule has 3 aromatic rings. The molecule has 0 radical (unpaired) electrons. The maximum Gasteiger partial charge on any atom is 0.193 e. The molecular formula is C28H36O5. The fourth-order valence-electron chi connectivity index (χ4n) is 4.10. The van der Waals surface area contributed by atoms with Crippen LogP contribution in [0.25, 0.3) is 22.3 Å². The number of phenols is 2. The summed E-state index contributed by atoms with van der Waals surface area (Å²) in [5, 5.41) is 21.0. The van der Waals surface area contributed by atoms with Gasteiger partial charge in [0.15, 0.2) is 16.9 Å². The summed E-state index contributed by atoms with van der Waals surface area (Å²) in [4.78, 5) is 12.7. The molecule has 0 amide bonds. The van der Waals surface area contributed by atoms with E-state index in [4.69, 9.17) is 9.15 Å². The van der Waals surface area contributed by atoms with Crippen LogP contribution in [0, 0.1) is 0 Å². The molecule has 1 aromatic heterocycles. The van der Waals surface area contributed by atoms with Crippen molar-refractivity contribution in [2.24, 2.45) is 0 Å². The average Bonchev–Trinajstić information content (AvgIpc) is 2.81. The smallest absolute Gasteiger partial charge is 0.193 e. The molecule has 0 saturated carbocycles. The van der Waals surface area contributed by atoms with Gasteiger partial charge in [0.1, 0.15) is 17.1 Å². The maximum atomic E-state index is 12.7. The third-order valence-corrected chi connectivity index (χ3v) is 5.98. The van der Waals surface area contributed by atoms with E-state index in [1.54, 1.807) is 30.3 Å². The van der Waals surface area contributed by atoms with E-state index in [9.17, 15) is 15.0 Å². The molecule has 0 aliphatic carbocycles. The molecule has 33 heavy (non-hydrogen) atoms. The molecule has 3 rings (SSSR count). The van der Waals surface area contributed by atoms with Gasteiger partial charge in [-0.3, -0.25) is 4.79 Å². The van der Waals surface area contributed by atoms with Gasteiger partial charge in [-0.25, -0.2) is 0 Å². The first-order valence-corrected chi connectivity index (χ1v) is 12.3. The topological polar surface area (TPSA) is 79.9 Å². The lowest BCUT2D eigenvalue weighted by Crippen LogP contribution is -2.03. The Kier molecular flexibility index (Phi) is 9.23. The second kappa shape index (κ2) is 12.3. The number of ether oxygens (including phenoxy) is 1. The summed E-state index contributed by atoms with van der Waals surface area (Å²) in [6.45, 7) is 4.77. The summed E-state index contributed by atoms with van der Waals surface area (Å²) in [7, 11) is 0. The van der Waals surface area contributed by atoms with Gasteiger partial charge in [0, 0.05) is 17.2 Å². The minimum atomic E-state index is -0.168. The van der Waals surface area contributed by atoms with Gasteiger partial charge in [0.2, 0.25) is 0 Å². The van der Waals surface area contributed by atoms with Gasteiger partial charge in [-0.2, -0.15) is 0 Å². The zero-order valence-corrected chi connectivity index (χ0v) is 19.9. The molecule has 0 aliphatic rings. The van der Waals surface area contributed by atoms with Crippen LogP contribution in [0.3, 0.4) is 0 Å². The van der Waals surface area contributed by atoms with E-state index in [1.165, 1.54) is 44.6 Å². The van der Waals surface area contributed by atoms with E-state index in [0.29, 0.717) is 46.6 Å². The SMILES string of the molecule is CCCCCCCCCCOc1cc(-c2cc(=O)c3ccc(O)c(CCC)c3o2)ccc1O. The second-order valence-electron chi connectivity index (χ2n) is 8.67. The van der Waals surface area contributed by atoms with E-state index in [-0.39, 0.29) is 16.9 Å². The Morgan fingerprint density at radius 2 is 1.52 bits per heavy atom. The molecule has 178 valence electrons. The maximum absolute atomic E-state index is 12.7. The largest absolute Gasteiger partial charge is 0.508 e. The molecule has 0 aliphatic heterocycles. The number of hydrogen-bond acceptors (Lipinski definition) is 5. The zero-order chi connectivity index (χ0) is 23.6. The number of benzene rings is 2. The quantitative estimate of drug-likeness (QED) is 0.265. The fraction of sp³-hybridized carbons (Fsp3) is 0.464. The van der Waals surface area contributed by atoms with Gasteiger partial charge >= 0.3 is 0 Å². The first-order chi connectivity index (χ1) is 16.0. The number of hydrogen-bond donors (Lipinski definition) is 2. The predicted molar refractivity (Wildman–Crippen MR) is 133 cm³/mol. The molecule has 0 atom stereocenters. The highest BCUT2D eigenvalue weighted by atomic mass is 16.5. The molecule has 1 heterocycles. The van der Waals surface area contributed by atoms with E-state index in [0.717, 1.165) is 19.3 Å². The van der Waals surface area contributed by atoms with Crippen LogP contribution < -0.4 is 10.2 Å². The van der Waals surface area contributed by atoms with Crippen LogP contribution in [-0.2, 0) is 6.42 Å². The first kappa shape index (κ1) is 24.7. The van der Waals surface area contributed by atoms with Crippen molar-refractivity contribution in [3.05, 3.63) is 52.2 Å². The normalized spacial score (nSPS) is 11.2. The second-order valence-corrected chi connectivity index (χ2v) is 8.67. The average molecular weight is 453 g/mol. The van der Waals surface area contributed by atoms with Crippen molar-refractivity contribution in [2.45, 2.75) is 78.1 Å². The number of rotatable bonds is 13. The molecule has 0 fully saturated rings. The Bertz CT molecular complexity index is 1100. The highest BCUT2D eigenvalue weighted by Crippen LogP contribution is 2.34. The van der Waals surface area contributed by atoms with E-state index in [2.05, 4.69) is 6.92 Å². The van der Waals surface area contributed by atoms with Gasteiger partial charge in [-0.05, 0) is 43.2 Å². The monoisotopic (exact) mass is 452 g/mol. The van der Waals surface area contributed by atoms with Crippen LogP contribution in [0.1, 0.15) is 77.2 Å². The Labute approximate surface area is 196 Å². The molecular weight excluding hydrogens is 416 g/mol. The van der Waals surface area contributed by atoms with Gasteiger partial charge < -0.3 is 19.4 Å². The lowest BCUT2D eigenvalue weighted by molar-refractivity contribution is 0.289. The van der Waals surface area contributed by atoms with Gasteiger partial charge in [0.05, 0.1) is 12.0 Å². The van der Waals surface area contributed by atoms with Crippen LogP contribution in [0.5, 0.6) is 17.2 Å². The summed E-state index contributed by atoms with van der Waals surface area (Å²) in [5.41, 5.74) is 1.52. The van der Waals surface area contributed by atoms with Crippen LogP contribution in [0.4, 0.5) is 0 Å². The number of phenolic OH excluding ortho intramolecular Hbond substituents is 2. The molecule has 0 saturated heterocycles. The minimum absolute atomic E-state index is 0.0609. The Morgan fingerprint density at radius 3 is 2.24 bits per heavy atom. The first-order valence-electron chi connectivity index (χ1n) is 12.3. The number of fused-ring (bicyclic) bond motifs is 1. The third-order valence-electron chi connectivity index (χ3n) is 5.98. The highest BCUT2D eigenvalue weighted by molar-refractivity contribution is 5.83. The Morgan fingerprint density at radius 1 is 0.818 bits per heavy atom. The van der Waals surface area contributed by atoms with Crippen molar-refractivity contribution < 1.29 is 19.4 Å². The van der Waals surface area contributed by atoms with Crippen LogP contribution in [0.2, 0.25) is 0 Å². The summed E-state index contributed by atoms with van der Waals surface area (Å²) < 4.78 is 11.9. The molecule has 0 spiro atoms. The van der Waals surface area contributed by atoms with Crippen LogP contribution >= 0.6 is 0 Å². The van der Waals surface area contributed by atoms with E-state index in [1.807, 2.05) is 6.92 Å². The molecule has 0 unspecified atom stereocenters. The summed E-state index contributed by atoms with van der Waals surface area (Å²) >= 11 is 0. The van der Waals surface area contributed by atoms with Gasteiger partial charge in [-0.15, -0.1) is 0 Å². The standard InChI is InChI=1S/C28H36O5/c1-3-5-6-7-8-9-10-11-17-32-27-18-20(13-15-24(27)30)26-19-25(31)22-14-16-23(29)21(12-4-2)28(22)33-26/h13-16,18-19,29-30H,3-12,17H2,1-2H3.